The molecule has 0 amide bonds. The van der Waals surface area contributed by atoms with Gasteiger partial charge < -0.3 is 4.74 Å². The summed E-state index contributed by atoms with van der Waals surface area (Å²) in [6.45, 7) is 1.54. The first-order valence-corrected chi connectivity index (χ1v) is 8.83. The molecule has 0 spiro atoms. The van der Waals surface area contributed by atoms with Crippen LogP contribution in [-0.2, 0) is 14.3 Å². The minimum Gasteiger partial charge on any atom is -0.381 e. The number of halogens is 2. The minimum absolute atomic E-state index is 0.218. The molecule has 0 saturated heterocycles. The van der Waals surface area contributed by atoms with Crippen molar-refractivity contribution in [2.24, 2.45) is 0 Å². The molecule has 21 heavy (non-hydrogen) atoms. The number of carbonyl (C=O) groups excluding carboxylic acids is 2. The van der Waals surface area contributed by atoms with Gasteiger partial charge in [0, 0.05) is 26.1 Å². The standard InChI is InChI=1S/C16H28Cl2O3/c17-15(19)11-7-5-3-1-2-4-6-9-13-21-14-10-8-12-16(18)20/h1-14H2. The molecule has 0 aliphatic rings. The summed E-state index contributed by atoms with van der Waals surface area (Å²) in [4.78, 5) is 21.0. The second-order valence-corrected chi connectivity index (χ2v) is 6.20. The molecule has 0 radical (unpaired) electrons. The smallest absolute Gasteiger partial charge is 0.221 e. The quantitative estimate of drug-likeness (QED) is 0.286. The lowest BCUT2D eigenvalue weighted by atomic mass is 10.1. The fraction of sp³-hybridized carbons (Fsp3) is 0.875. The van der Waals surface area contributed by atoms with Crippen molar-refractivity contribution in [1.82, 2.24) is 0 Å². The van der Waals surface area contributed by atoms with Crippen LogP contribution in [0.15, 0.2) is 0 Å². The summed E-state index contributed by atoms with van der Waals surface area (Å²) < 4.78 is 5.50. The van der Waals surface area contributed by atoms with E-state index in [0.717, 1.165) is 45.3 Å². The van der Waals surface area contributed by atoms with E-state index in [-0.39, 0.29) is 10.5 Å². The van der Waals surface area contributed by atoms with Crippen LogP contribution in [0.5, 0.6) is 0 Å². The molecule has 0 heterocycles. The van der Waals surface area contributed by atoms with Crippen molar-refractivity contribution in [2.75, 3.05) is 13.2 Å². The highest BCUT2D eigenvalue weighted by Gasteiger charge is 1.97. The average Bonchev–Trinajstić information content (AvgIpc) is 2.42. The fourth-order valence-corrected chi connectivity index (χ4v) is 2.37. The molecular weight excluding hydrogens is 311 g/mol. The van der Waals surface area contributed by atoms with Gasteiger partial charge in [0.15, 0.2) is 0 Å². The summed E-state index contributed by atoms with van der Waals surface area (Å²) in [6, 6.07) is 0. The lowest BCUT2D eigenvalue weighted by Crippen LogP contribution is -1.98. The van der Waals surface area contributed by atoms with Crippen molar-refractivity contribution < 1.29 is 14.3 Å². The topological polar surface area (TPSA) is 43.4 Å². The maximum atomic E-state index is 10.5. The summed E-state index contributed by atoms with van der Waals surface area (Å²) in [5.74, 6) is 0. The Balaban J connectivity index is 2.99. The van der Waals surface area contributed by atoms with Crippen LogP contribution in [0, 0.1) is 0 Å². The molecular formula is C16H28Cl2O3. The zero-order valence-corrected chi connectivity index (χ0v) is 14.4. The van der Waals surface area contributed by atoms with Gasteiger partial charge in [-0.1, -0.05) is 38.5 Å². The predicted octanol–water partition coefficient (Wildman–Crippen LogP) is 5.22. The Labute approximate surface area is 138 Å². The van der Waals surface area contributed by atoms with Crippen LogP contribution in [0.4, 0.5) is 0 Å². The third-order valence-corrected chi connectivity index (χ3v) is 3.70. The molecule has 0 fully saturated rings. The SMILES string of the molecule is O=C(Cl)CCCCCCCCCCOCCCCC(=O)Cl. The molecule has 0 bridgehead atoms. The highest BCUT2D eigenvalue weighted by atomic mass is 35.5. The van der Waals surface area contributed by atoms with Crippen molar-refractivity contribution in [3.8, 4) is 0 Å². The van der Waals surface area contributed by atoms with Crippen molar-refractivity contribution in [3.63, 3.8) is 0 Å². The van der Waals surface area contributed by atoms with Crippen LogP contribution in [-0.4, -0.2) is 23.7 Å². The molecule has 124 valence electrons. The molecule has 0 aromatic carbocycles. The highest BCUT2D eigenvalue weighted by molar-refractivity contribution is 6.63. The summed E-state index contributed by atoms with van der Waals surface area (Å²) in [5.41, 5.74) is 0. The third kappa shape index (κ3) is 19.9. The highest BCUT2D eigenvalue weighted by Crippen LogP contribution is 2.10. The first-order chi connectivity index (χ1) is 10.1. The van der Waals surface area contributed by atoms with E-state index in [9.17, 15) is 9.59 Å². The van der Waals surface area contributed by atoms with Gasteiger partial charge in [-0.25, -0.2) is 0 Å². The zero-order valence-electron chi connectivity index (χ0n) is 12.9. The van der Waals surface area contributed by atoms with Gasteiger partial charge in [0.2, 0.25) is 10.5 Å². The molecule has 0 rings (SSSR count). The van der Waals surface area contributed by atoms with E-state index < -0.39 is 0 Å². The van der Waals surface area contributed by atoms with E-state index in [1.807, 2.05) is 0 Å². The summed E-state index contributed by atoms with van der Waals surface area (Å²) in [6.07, 6.45) is 12.0. The molecule has 0 aliphatic heterocycles. The van der Waals surface area contributed by atoms with Gasteiger partial charge in [-0.3, -0.25) is 9.59 Å². The number of hydrogen-bond donors (Lipinski definition) is 0. The van der Waals surface area contributed by atoms with Crippen molar-refractivity contribution >= 4 is 33.7 Å². The molecule has 0 atom stereocenters. The monoisotopic (exact) mass is 338 g/mol. The Bertz CT molecular complexity index is 244. The van der Waals surface area contributed by atoms with Crippen molar-refractivity contribution in [1.29, 1.82) is 0 Å². The van der Waals surface area contributed by atoms with Crippen molar-refractivity contribution in [2.45, 2.75) is 77.0 Å². The predicted molar refractivity (Wildman–Crippen MR) is 87.9 cm³/mol. The molecule has 0 aromatic rings. The van der Waals surface area contributed by atoms with E-state index in [0.29, 0.717) is 12.8 Å². The molecule has 5 heteroatoms. The lowest BCUT2D eigenvalue weighted by Gasteiger charge is -2.04. The number of ether oxygens (including phenoxy) is 1. The van der Waals surface area contributed by atoms with Gasteiger partial charge in [-0.2, -0.15) is 0 Å². The van der Waals surface area contributed by atoms with Gasteiger partial charge in [0.05, 0.1) is 0 Å². The number of unbranched alkanes of at least 4 members (excludes halogenated alkanes) is 8. The van der Waals surface area contributed by atoms with Crippen LogP contribution < -0.4 is 0 Å². The Morgan fingerprint density at radius 1 is 0.571 bits per heavy atom. The largest absolute Gasteiger partial charge is 0.381 e. The van der Waals surface area contributed by atoms with Crippen molar-refractivity contribution in [3.05, 3.63) is 0 Å². The Hall–Kier alpha value is -0.120. The molecule has 0 aromatic heterocycles. The van der Waals surface area contributed by atoms with Gasteiger partial charge >= 0.3 is 0 Å². The van der Waals surface area contributed by atoms with E-state index in [2.05, 4.69) is 0 Å². The number of rotatable bonds is 16. The van der Waals surface area contributed by atoms with Crippen LogP contribution >= 0.6 is 23.2 Å². The van der Waals surface area contributed by atoms with E-state index in [4.69, 9.17) is 27.9 Å². The van der Waals surface area contributed by atoms with Crippen LogP contribution in [0.25, 0.3) is 0 Å². The van der Waals surface area contributed by atoms with E-state index in [1.165, 1.54) is 32.1 Å². The lowest BCUT2D eigenvalue weighted by molar-refractivity contribution is -0.112. The summed E-state index contributed by atoms with van der Waals surface area (Å²) >= 11 is 10.5. The first-order valence-electron chi connectivity index (χ1n) is 8.07. The summed E-state index contributed by atoms with van der Waals surface area (Å²) in [7, 11) is 0. The van der Waals surface area contributed by atoms with E-state index in [1.54, 1.807) is 0 Å². The minimum atomic E-state index is -0.260. The van der Waals surface area contributed by atoms with Gasteiger partial charge in [-0.15, -0.1) is 0 Å². The van der Waals surface area contributed by atoms with Gasteiger partial charge in [0.1, 0.15) is 0 Å². The summed E-state index contributed by atoms with van der Waals surface area (Å²) in [5, 5.41) is -0.478. The van der Waals surface area contributed by atoms with E-state index >= 15 is 0 Å². The Morgan fingerprint density at radius 3 is 1.38 bits per heavy atom. The van der Waals surface area contributed by atoms with Gasteiger partial charge in [0.25, 0.3) is 0 Å². The van der Waals surface area contributed by atoms with Crippen LogP contribution in [0.1, 0.15) is 77.0 Å². The molecule has 0 saturated carbocycles. The maximum absolute atomic E-state index is 10.5. The van der Waals surface area contributed by atoms with Crippen LogP contribution in [0.3, 0.4) is 0 Å². The number of carbonyl (C=O) groups is 2. The maximum Gasteiger partial charge on any atom is 0.221 e. The normalized spacial score (nSPS) is 10.8. The zero-order chi connectivity index (χ0) is 15.8. The molecule has 0 aliphatic carbocycles. The first kappa shape index (κ1) is 20.9. The third-order valence-electron chi connectivity index (χ3n) is 3.32. The second-order valence-electron chi connectivity index (χ2n) is 5.36. The molecule has 0 N–H and O–H groups in total. The Morgan fingerprint density at radius 2 is 0.905 bits per heavy atom. The second kappa shape index (κ2) is 16.3. The average molecular weight is 339 g/mol. The number of hydrogen-bond acceptors (Lipinski definition) is 3. The molecule has 3 nitrogen and oxygen atoms in total. The Kier molecular flexibility index (Phi) is 16.2. The molecule has 0 unspecified atom stereocenters. The van der Waals surface area contributed by atoms with Gasteiger partial charge in [-0.05, 0) is 48.9 Å². The van der Waals surface area contributed by atoms with Crippen LogP contribution in [0.2, 0.25) is 0 Å². The fourth-order valence-electron chi connectivity index (χ4n) is 2.10.